The highest BCUT2D eigenvalue weighted by molar-refractivity contribution is 7.91. The number of nitrogens with zero attached hydrogens (tertiary/aromatic N) is 1. The van der Waals surface area contributed by atoms with Gasteiger partial charge >= 0.3 is 0 Å². The highest BCUT2D eigenvalue weighted by Crippen LogP contribution is 2.51. The zero-order valence-electron chi connectivity index (χ0n) is 13.4. The first kappa shape index (κ1) is 16.8. The monoisotopic (exact) mass is 387 g/mol. The van der Waals surface area contributed by atoms with Crippen molar-refractivity contribution in [2.75, 3.05) is 13.1 Å². The molecule has 0 unspecified atom stereocenters. The van der Waals surface area contributed by atoms with Crippen molar-refractivity contribution in [1.82, 2.24) is 10.0 Å². The zero-order chi connectivity index (χ0) is 16.8. The first-order valence-electron chi connectivity index (χ1n) is 8.58. The molecule has 0 radical (unpaired) electrons. The predicted molar refractivity (Wildman–Crippen MR) is 97.4 cm³/mol. The predicted octanol–water partition coefficient (Wildman–Crippen LogP) is 3.02. The quantitative estimate of drug-likeness (QED) is 0.834. The third-order valence-electron chi connectivity index (χ3n) is 5.72. The van der Waals surface area contributed by atoms with Gasteiger partial charge in [0, 0.05) is 18.0 Å². The minimum absolute atomic E-state index is 0.0739. The topological polar surface area (TPSA) is 70.6 Å². The molecule has 2 aliphatic carbocycles. The van der Waals surface area contributed by atoms with E-state index in [0.29, 0.717) is 14.5 Å². The van der Waals surface area contributed by atoms with Gasteiger partial charge in [0.15, 0.2) is 0 Å². The lowest BCUT2D eigenvalue weighted by molar-refractivity contribution is 0.310. The van der Waals surface area contributed by atoms with E-state index < -0.39 is 10.0 Å². The average Bonchev–Trinajstić information content (AvgIpc) is 3.21. The fourth-order valence-corrected chi connectivity index (χ4v) is 7.53. The highest BCUT2D eigenvalue weighted by Gasteiger charge is 2.54. The van der Waals surface area contributed by atoms with E-state index in [-0.39, 0.29) is 11.5 Å². The summed E-state index contributed by atoms with van der Waals surface area (Å²) in [5.41, 5.74) is -0.161. The first-order chi connectivity index (χ1) is 11.5. The largest absolute Gasteiger partial charge is 0.371 e. The van der Waals surface area contributed by atoms with Gasteiger partial charge in [0.2, 0.25) is 10.0 Å². The van der Waals surface area contributed by atoms with Gasteiger partial charge in [-0.15, -0.1) is 11.3 Å². The Labute approximate surface area is 151 Å². The summed E-state index contributed by atoms with van der Waals surface area (Å²) >= 11 is 7.04. The second-order valence-electron chi connectivity index (χ2n) is 7.02. The molecular formula is C16H22ClN3O2S2. The van der Waals surface area contributed by atoms with E-state index in [0.717, 1.165) is 62.4 Å². The molecule has 3 atom stereocenters. The van der Waals surface area contributed by atoms with Crippen LogP contribution in [0.1, 0.15) is 38.5 Å². The fraction of sp³-hybridized carbons (Fsp3) is 0.688. The van der Waals surface area contributed by atoms with Gasteiger partial charge < -0.3 is 5.32 Å². The second-order valence-corrected chi connectivity index (χ2v) is 10.7. The summed E-state index contributed by atoms with van der Waals surface area (Å²) in [6, 6.07) is 3.16. The van der Waals surface area contributed by atoms with Crippen molar-refractivity contribution in [2.24, 2.45) is 16.3 Å². The Hall–Kier alpha value is -0.630. The first-order valence-corrected chi connectivity index (χ1v) is 11.3. The maximum atomic E-state index is 12.9. The Morgan fingerprint density at radius 1 is 1.29 bits per heavy atom. The van der Waals surface area contributed by atoms with Crippen LogP contribution in [0.5, 0.6) is 0 Å². The van der Waals surface area contributed by atoms with Crippen LogP contribution in [0.3, 0.4) is 0 Å². The van der Waals surface area contributed by atoms with Gasteiger partial charge in [-0.1, -0.05) is 24.4 Å². The minimum atomic E-state index is -3.55. The molecule has 8 heteroatoms. The maximum Gasteiger partial charge on any atom is 0.250 e. The SMILES string of the molecule is O=S(=O)(N[C@@H]1[C@H]2CCCC[C@]1(C1=NCCN1)CC2)c1ccc(Cl)s1. The maximum absolute atomic E-state index is 12.9. The third kappa shape index (κ3) is 2.79. The van der Waals surface area contributed by atoms with E-state index in [9.17, 15) is 8.42 Å². The molecule has 0 amide bonds. The van der Waals surface area contributed by atoms with Gasteiger partial charge in [-0.25, -0.2) is 13.1 Å². The number of hydrogen-bond donors (Lipinski definition) is 2. The molecule has 4 rings (SSSR count). The highest BCUT2D eigenvalue weighted by atomic mass is 35.5. The van der Waals surface area contributed by atoms with Crippen molar-refractivity contribution in [2.45, 2.75) is 48.8 Å². The Bertz CT molecular complexity index is 761. The van der Waals surface area contributed by atoms with E-state index in [1.165, 1.54) is 6.42 Å². The van der Waals surface area contributed by atoms with Crippen LogP contribution in [0, 0.1) is 11.3 Å². The number of halogens is 1. The molecule has 0 aromatic carbocycles. The molecule has 3 aliphatic rings. The standard InChI is InChI=1S/C16H22ClN3O2S2/c17-12-4-5-13(23-12)24(21,22)20-14-11-3-1-2-7-16(14,8-6-11)15-18-9-10-19-15/h4-5,11,14,20H,1-3,6-10H2,(H,18,19)/t11-,14+,16-/m0/s1. The van der Waals surface area contributed by atoms with Crippen LogP contribution in [0.15, 0.2) is 21.3 Å². The van der Waals surface area contributed by atoms with Crippen molar-refractivity contribution >= 4 is 38.8 Å². The summed E-state index contributed by atoms with van der Waals surface area (Å²) in [4.78, 5) is 4.68. The van der Waals surface area contributed by atoms with Crippen molar-refractivity contribution in [3.05, 3.63) is 16.5 Å². The number of hydrogen-bond acceptors (Lipinski definition) is 5. The number of nitrogens with one attached hydrogen (secondary N) is 2. The normalized spacial score (nSPS) is 33.1. The van der Waals surface area contributed by atoms with Crippen LogP contribution in [0.25, 0.3) is 0 Å². The van der Waals surface area contributed by atoms with E-state index in [2.05, 4.69) is 15.0 Å². The molecule has 1 aliphatic heterocycles. The van der Waals surface area contributed by atoms with Gasteiger partial charge in [0.1, 0.15) is 10.0 Å². The number of fused-ring (bicyclic) bond motifs is 2. The number of thiophene rings is 1. The van der Waals surface area contributed by atoms with Crippen molar-refractivity contribution in [3.8, 4) is 0 Å². The van der Waals surface area contributed by atoms with Gasteiger partial charge in [0.05, 0.1) is 10.9 Å². The zero-order valence-corrected chi connectivity index (χ0v) is 15.8. The molecule has 1 aromatic rings. The van der Waals surface area contributed by atoms with Crippen LogP contribution < -0.4 is 10.0 Å². The Morgan fingerprint density at radius 2 is 2.17 bits per heavy atom. The average molecular weight is 388 g/mol. The number of sulfonamides is 1. The smallest absolute Gasteiger partial charge is 0.250 e. The van der Waals surface area contributed by atoms with Crippen molar-refractivity contribution in [3.63, 3.8) is 0 Å². The molecule has 2 fully saturated rings. The molecule has 0 saturated heterocycles. The summed E-state index contributed by atoms with van der Waals surface area (Å²) in [6.07, 6.45) is 6.49. The molecule has 5 nitrogen and oxygen atoms in total. The number of aliphatic imine (C=N–C) groups is 1. The molecule has 0 spiro atoms. The van der Waals surface area contributed by atoms with Crippen LogP contribution in [-0.4, -0.2) is 33.4 Å². The van der Waals surface area contributed by atoms with E-state index in [4.69, 9.17) is 11.6 Å². The molecule has 2 heterocycles. The number of rotatable bonds is 4. The lowest BCUT2D eigenvalue weighted by atomic mass is 9.77. The summed E-state index contributed by atoms with van der Waals surface area (Å²) in [7, 11) is -3.55. The summed E-state index contributed by atoms with van der Waals surface area (Å²) in [5.74, 6) is 1.42. The third-order valence-corrected chi connectivity index (χ3v) is 8.88. The van der Waals surface area contributed by atoms with Crippen molar-refractivity contribution < 1.29 is 8.42 Å². The van der Waals surface area contributed by atoms with Gasteiger partial charge in [-0.2, -0.15) is 0 Å². The molecule has 2 N–H and O–H groups in total. The van der Waals surface area contributed by atoms with Crippen LogP contribution in [0.2, 0.25) is 4.34 Å². The van der Waals surface area contributed by atoms with Crippen LogP contribution in [0.4, 0.5) is 0 Å². The van der Waals surface area contributed by atoms with E-state index in [1.54, 1.807) is 12.1 Å². The molecular weight excluding hydrogens is 366 g/mol. The number of amidine groups is 1. The Morgan fingerprint density at radius 3 is 2.88 bits per heavy atom. The van der Waals surface area contributed by atoms with Gasteiger partial charge in [-0.3, -0.25) is 4.99 Å². The molecule has 2 saturated carbocycles. The lowest BCUT2D eigenvalue weighted by Crippen LogP contribution is -2.53. The van der Waals surface area contributed by atoms with Crippen molar-refractivity contribution in [1.29, 1.82) is 0 Å². The molecule has 132 valence electrons. The minimum Gasteiger partial charge on any atom is -0.371 e. The van der Waals surface area contributed by atoms with Crippen LogP contribution >= 0.6 is 22.9 Å². The van der Waals surface area contributed by atoms with Crippen LogP contribution in [-0.2, 0) is 10.0 Å². The van der Waals surface area contributed by atoms with E-state index in [1.807, 2.05) is 0 Å². The van der Waals surface area contributed by atoms with E-state index >= 15 is 0 Å². The van der Waals surface area contributed by atoms with Gasteiger partial charge in [-0.05, 0) is 43.7 Å². The molecule has 1 aromatic heterocycles. The Balaban J connectivity index is 1.69. The fourth-order valence-electron chi connectivity index (χ4n) is 4.65. The molecule has 24 heavy (non-hydrogen) atoms. The Kier molecular flexibility index (Phi) is 4.39. The summed E-state index contributed by atoms with van der Waals surface area (Å²) in [5, 5.41) is 3.43. The lowest BCUT2D eigenvalue weighted by Gasteiger charge is -2.36. The molecule has 2 bridgehead atoms. The van der Waals surface area contributed by atoms with Gasteiger partial charge in [0.25, 0.3) is 0 Å². The summed E-state index contributed by atoms with van der Waals surface area (Å²) < 4.78 is 29.6. The summed E-state index contributed by atoms with van der Waals surface area (Å²) in [6.45, 7) is 1.66. The second kappa shape index (κ2) is 6.27.